The zero-order valence-corrected chi connectivity index (χ0v) is 18.3. The predicted octanol–water partition coefficient (Wildman–Crippen LogP) is 3.89. The van der Waals surface area contributed by atoms with Gasteiger partial charge in [0.2, 0.25) is 0 Å². The molecule has 1 aliphatic heterocycles. The summed E-state index contributed by atoms with van der Waals surface area (Å²) in [6.45, 7) is 4.49. The molecule has 31 heavy (non-hydrogen) atoms. The van der Waals surface area contributed by atoms with Gasteiger partial charge >= 0.3 is 0 Å². The average Bonchev–Trinajstić information content (AvgIpc) is 3.01. The average molecular weight is 444 g/mol. The van der Waals surface area contributed by atoms with E-state index in [9.17, 15) is 14.7 Å². The number of likely N-dealkylation sites (tertiary alicyclic amines) is 1. The summed E-state index contributed by atoms with van der Waals surface area (Å²) in [5.74, 6) is -1.35. The minimum Gasteiger partial charge on any atom is -0.507 e. The van der Waals surface area contributed by atoms with E-state index >= 15 is 0 Å². The highest BCUT2D eigenvalue weighted by Crippen LogP contribution is 2.39. The van der Waals surface area contributed by atoms with Crippen LogP contribution in [0.3, 0.4) is 0 Å². The number of nitrogens with zero attached hydrogens (tertiary/aromatic N) is 1. The molecule has 1 saturated heterocycles. The molecule has 7 heteroatoms. The maximum Gasteiger partial charge on any atom is 0.295 e. The zero-order chi connectivity index (χ0) is 22.5. The Morgan fingerprint density at radius 3 is 2.29 bits per heavy atom. The van der Waals surface area contributed by atoms with Gasteiger partial charge in [0.1, 0.15) is 5.76 Å². The molecule has 0 saturated carbocycles. The van der Waals surface area contributed by atoms with Crippen LogP contribution < -0.4 is 0 Å². The largest absolute Gasteiger partial charge is 0.507 e. The molecule has 2 aromatic rings. The van der Waals surface area contributed by atoms with Gasteiger partial charge in [-0.1, -0.05) is 49.7 Å². The van der Waals surface area contributed by atoms with Crippen molar-refractivity contribution in [3.63, 3.8) is 0 Å². The third kappa shape index (κ3) is 4.98. The Bertz CT molecular complexity index is 966. The molecule has 0 aliphatic carbocycles. The molecule has 6 nitrogen and oxygen atoms in total. The minimum absolute atomic E-state index is 0.0341. The number of aliphatic hydroxyl groups excluding tert-OH is 2. The number of hydrogen-bond donors (Lipinski definition) is 2. The number of carbonyl (C=O) groups is 2. The molecule has 164 valence electrons. The van der Waals surface area contributed by atoms with E-state index in [1.54, 1.807) is 24.3 Å². The van der Waals surface area contributed by atoms with E-state index in [4.69, 9.17) is 21.4 Å². The van der Waals surface area contributed by atoms with Gasteiger partial charge in [-0.05, 0) is 41.3 Å². The summed E-state index contributed by atoms with van der Waals surface area (Å²) in [4.78, 5) is 27.2. The maximum atomic E-state index is 12.9. The number of Topliss-reactive ketones (excluding diaryl/α,β-unsaturated/α-hetero) is 1. The number of ketones is 1. The van der Waals surface area contributed by atoms with E-state index in [0.717, 1.165) is 11.1 Å². The third-order valence-corrected chi connectivity index (χ3v) is 5.54. The second-order valence-corrected chi connectivity index (χ2v) is 8.09. The Morgan fingerprint density at radius 2 is 1.71 bits per heavy atom. The van der Waals surface area contributed by atoms with E-state index in [0.29, 0.717) is 16.5 Å². The Kier molecular flexibility index (Phi) is 7.49. The van der Waals surface area contributed by atoms with E-state index in [1.165, 1.54) is 4.90 Å². The lowest BCUT2D eigenvalue weighted by Crippen LogP contribution is -2.33. The molecule has 1 aliphatic rings. The van der Waals surface area contributed by atoms with Crippen LogP contribution >= 0.6 is 11.6 Å². The van der Waals surface area contributed by atoms with Crippen LogP contribution in [0.2, 0.25) is 5.02 Å². The van der Waals surface area contributed by atoms with Crippen LogP contribution in [0, 0.1) is 0 Å². The van der Waals surface area contributed by atoms with Crippen molar-refractivity contribution in [1.29, 1.82) is 0 Å². The second kappa shape index (κ2) is 10.1. The van der Waals surface area contributed by atoms with Crippen LogP contribution in [0.5, 0.6) is 0 Å². The molecule has 0 radical (unpaired) electrons. The van der Waals surface area contributed by atoms with Crippen LogP contribution in [0.1, 0.15) is 42.5 Å². The number of carbonyl (C=O) groups excluding carboxylic acids is 2. The summed E-state index contributed by atoms with van der Waals surface area (Å²) >= 11 is 5.94. The molecule has 1 atom stereocenters. The molecular weight excluding hydrogens is 418 g/mol. The van der Waals surface area contributed by atoms with Gasteiger partial charge in [-0.3, -0.25) is 9.59 Å². The Labute approximate surface area is 186 Å². The summed E-state index contributed by atoms with van der Waals surface area (Å²) in [5, 5.41) is 20.4. The van der Waals surface area contributed by atoms with Crippen LogP contribution in [-0.2, 0) is 14.3 Å². The number of ether oxygens (including phenoxy) is 1. The first-order valence-corrected chi connectivity index (χ1v) is 10.6. The summed E-state index contributed by atoms with van der Waals surface area (Å²) in [6, 6.07) is 13.4. The van der Waals surface area contributed by atoms with E-state index < -0.39 is 17.7 Å². The van der Waals surface area contributed by atoms with Gasteiger partial charge in [0.25, 0.3) is 11.7 Å². The van der Waals surface area contributed by atoms with Crippen molar-refractivity contribution >= 4 is 29.1 Å². The number of rotatable bonds is 8. The smallest absolute Gasteiger partial charge is 0.295 e. The zero-order valence-electron chi connectivity index (χ0n) is 17.5. The van der Waals surface area contributed by atoms with Gasteiger partial charge in [-0.15, -0.1) is 0 Å². The van der Waals surface area contributed by atoms with Crippen molar-refractivity contribution in [2.24, 2.45) is 0 Å². The predicted molar refractivity (Wildman–Crippen MR) is 119 cm³/mol. The van der Waals surface area contributed by atoms with Crippen LogP contribution in [0.15, 0.2) is 54.1 Å². The fraction of sp³-hybridized carbons (Fsp3) is 0.333. The van der Waals surface area contributed by atoms with Crippen molar-refractivity contribution in [3.05, 3.63) is 75.8 Å². The minimum atomic E-state index is -0.743. The number of amides is 1. The SMILES string of the molecule is CC(C)c1ccc(C2/C(=C(\O)c3ccc(Cl)cc3)C(=O)C(=O)N2CCOCCO)cc1. The fourth-order valence-electron chi connectivity index (χ4n) is 3.61. The second-order valence-electron chi connectivity index (χ2n) is 7.66. The first kappa shape index (κ1) is 23.0. The highest BCUT2D eigenvalue weighted by Gasteiger charge is 2.45. The van der Waals surface area contributed by atoms with E-state index in [-0.39, 0.29) is 37.7 Å². The lowest BCUT2D eigenvalue weighted by Gasteiger charge is -2.25. The van der Waals surface area contributed by atoms with Crippen LogP contribution in [0.4, 0.5) is 0 Å². The molecule has 1 unspecified atom stereocenters. The number of benzene rings is 2. The molecule has 0 spiro atoms. The summed E-state index contributed by atoms with van der Waals surface area (Å²) in [6.07, 6.45) is 0. The van der Waals surface area contributed by atoms with Crippen molar-refractivity contribution in [2.75, 3.05) is 26.4 Å². The van der Waals surface area contributed by atoms with Gasteiger partial charge in [-0.2, -0.15) is 0 Å². The highest BCUT2D eigenvalue weighted by atomic mass is 35.5. The van der Waals surface area contributed by atoms with Crippen molar-refractivity contribution < 1.29 is 24.5 Å². The van der Waals surface area contributed by atoms with Crippen molar-refractivity contribution in [2.45, 2.75) is 25.8 Å². The maximum absolute atomic E-state index is 12.9. The molecule has 2 aromatic carbocycles. The molecule has 3 rings (SSSR count). The van der Waals surface area contributed by atoms with Crippen LogP contribution in [0.25, 0.3) is 5.76 Å². The van der Waals surface area contributed by atoms with Crippen molar-refractivity contribution in [1.82, 2.24) is 4.90 Å². The molecule has 2 N–H and O–H groups in total. The lowest BCUT2D eigenvalue weighted by atomic mass is 9.93. The highest BCUT2D eigenvalue weighted by molar-refractivity contribution is 6.46. The van der Waals surface area contributed by atoms with E-state index in [2.05, 4.69) is 13.8 Å². The number of halogens is 1. The quantitative estimate of drug-likeness (QED) is 0.280. The van der Waals surface area contributed by atoms with Crippen molar-refractivity contribution in [3.8, 4) is 0 Å². The van der Waals surface area contributed by atoms with Gasteiger partial charge in [-0.25, -0.2) is 0 Å². The Hall–Kier alpha value is -2.67. The first-order valence-electron chi connectivity index (χ1n) is 10.2. The number of hydrogen-bond acceptors (Lipinski definition) is 5. The third-order valence-electron chi connectivity index (χ3n) is 5.29. The Balaban J connectivity index is 2.06. The summed E-state index contributed by atoms with van der Waals surface area (Å²) < 4.78 is 5.31. The van der Waals surface area contributed by atoms with Gasteiger partial charge < -0.3 is 19.8 Å². The normalized spacial score (nSPS) is 18.2. The topological polar surface area (TPSA) is 87.1 Å². The van der Waals surface area contributed by atoms with E-state index in [1.807, 2.05) is 24.3 Å². The molecule has 1 amide bonds. The summed E-state index contributed by atoms with van der Waals surface area (Å²) in [5.41, 5.74) is 2.29. The van der Waals surface area contributed by atoms with Gasteiger partial charge in [0, 0.05) is 17.1 Å². The van der Waals surface area contributed by atoms with Gasteiger partial charge in [0.15, 0.2) is 0 Å². The molecule has 1 heterocycles. The molecule has 1 fully saturated rings. The van der Waals surface area contributed by atoms with Crippen LogP contribution in [-0.4, -0.2) is 53.2 Å². The molecule has 0 bridgehead atoms. The number of aliphatic hydroxyl groups is 2. The lowest BCUT2D eigenvalue weighted by molar-refractivity contribution is -0.140. The van der Waals surface area contributed by atoms with Gasteiger partial charge in [0.05, 0.1) is 31.4 Å². The summed E-state index contributed by atoms with van der Waals surface area (Å²) in [7, 11) is 0. The Morgan fingerprint density at radius 1 is 1.06 bits per heavy atom. The first-order chi connectivity index (χ1) is 14.8. The fourth-order valence-corrected chi connectivity index (χ4v) is 3.74. The standard InChI is InChI=1S/C24H26ClNO5/c1-15(2)16-3-5-17(6-4-16)21-20(22(28)18-7-9-19(25)10-8-18)23(29)24(30)26(21)11-13-31-14-12-27/h3-10,15,21,27-28H,11-14H2,1-2H3/b22-20+. The molecule has 0 aromatic heterocycles. The molecular formula is C24H26ClNO5. The monoisotopic (exact) mass is 443 g/mol.